The Labute approximate surface area is 123 Å². The van der Waals surface area contributed by atoms with Gasteiger partial charge in [0.1, 0.15) is 5.82 Å². The van der Waals surface area contributed by atoms with E-state index in [1.54, 1.807) is 6.20 Å². The average Bonchev–Trinajstić information content (AvgIpc) is 3.02. The minimum atomic E-state index is -0.176. The summed E-state index contributed by atoms with van der Waals surface area (Å²) in [5.41, 5.74) is 1.99. The van der Waals surface area contributed by atoms with Gasteiger partial charge in [0.2, 0.25) is 0 Å². The Balaban J connectivity index is 1.77. The molecule has 3 rings (SSSR count). The number of nitrogens with zero attached hydrogens (tertiary/aromatic N) is 2. The molecule has 0 radical (unpaired) electrons. The number of para-hydroxylation sites is 1. The highest BCUT2D eigenvalue weighted by Gasteiger charge is 2.20. The van der Waals surface area contributed by atoms with Crippen molar-refractivity contribution < 1.29 is 4.79 Å². The number of benzene rings is 1. The van der Waals surface area contributed by atoms with Crippen molar-refractivity contribution in [3.63, 3.8) is 0 Å². The lowest BCUT2D eigenvalue weighted by atomic mass is 10.2. The van der Waals surface area contributed by atoms with E-state index in [4.69, 9.17) is 0 Å². The van der Waals surface area contributed by atoms with Crippen molar-refractivity contribution in [2.75, 3.05) is 11.9 Å². The van der Waals surface area contributed by atoms with E-state index in [2.05, 4.69) is 20.6 Å². The number of aromatic nitrogens is 2. The third kappa shape index (κ3) is 3.08. The van der Waals surface area contributed by atoms with E-state index in [0.29, 0.717) is 11.3 Å². The fourth-order valence-corrected chi connectivity index (χ4v) is 2.50. The molecule has 1 aliphatic rings. The molecule has 108 valence electrons. The summed E-state index contributed by atoms with van der Waals surface area (Å²) in [6, 6.07) is 9.60. The number of amides is 1. The van der Waals surface area contributed by atoms with Gasteiger partial charge >= 0.3 is 0 Å². The lowest BCUT2D eigenvalue weighted by molar-refractivity contribution is 0.102. The monoisotopic (exact) mass is 282 g/mol. The van der Waals surface area contributed by atoms with E-state index in [1.165, 1.54) is 0 Å². The number of carbonyl (C=O) groups excluding carboxylic acids is 1. The molecular formula is C16H18N4O. The molecule has 1 aliphatic heterocycles. The highest BCUT2D eigenvalue weighted by atomic mass is 16.1. The standard InChI is InChI=1S/C16H18N4O/c1-11-13(16(21)20-12-6-3-2-4-7-12)10-18-15(19-11)14-8-5-9-17-14/h2-4,6-7,10,14,17H,5,8-9H2,1H3,(H,20,21)/t14-/m1/s1. The van der Waals surface area contributed by atoms with Crippen LogP contribution in [-0.4, -0.2) is 22.4 Å². The number of rotatable bonds is 3. The van der Waals surface area contributed by atoms with Crippen molar-refractivity contribution in [3.05, 3.63) is 53.6 Å². The van der Waals surface area contributed by atoms with Gasteiger partial charge in [-0.15, -0.1) is 0 Å². The quantitative estimate of drug-likeness (QED) is 0.907. The molecule has 2 heterocycles. The average molecular weight is 282 g/mol. The van der Waals surface area contributed by atoms with Crippen LogP contribution in [0.2, 0.25) is 0 Å². The maximum absolute atomic E-state index is 12.3. The normalized spacial score (nSPS) is 17.7. The first kappa shape index (κ1) is 13.7. The summed E-state index contributed by atoms with van der Waals surface area (Å²) in [7, 11) is 0. The molecule has 1 fully saturated rings. The summed E-state index contributed by atoms with van der Waals surface area (Å²) in [6.45, 7) is 2.85. The zero-order chi connectivity index (χ0) is 14.7. The molecule has 0 aliphatic carbocycles. The molecule has 2 aromatic rings. The van der Waals surface area contributed by atoms with E-state index >= 15 is 0 Å². The largest absolute Gasteiger partial charge is 0.322 e. The number of aryl methyl sites for hydroxylation is 1. The molecule has 1 amide bonds. The Morgan fingerprint density at radius 1 is 1.33 bits per heavy atom. The summed E-state index contributed by atoms with van der Waals surface area (Å²) in [4.78, 5) is 21.1. The number of nitrogens with one attached hydrogen (secondary N) is 2. The van der Waals surface area contributed by atoms with E-state index in [9.17, 15) is 4.79 Å². The van der Waals surface area contributed by atoms with Gasteiger partial charge in [-0.1, -0.05) is 18.2 Å². The van der Waals surface area contributed by atoms with Gasteiger partial charge < -0.3 is 10.6 Å². The Kier molecular flexibility index (Phi) is 3.92. The third-order valence-electron chi connectivity index (χ3n) is 3.65. The molecule has 1 aromatic heterocycles. The number of anilines is 1. The minimum Gasteiger partial charge on any atom is -0.322 e. The van der Waals surface area contributed by atoms with Crippen molar-refractivity contribution in [1.82, 2.24) is 15.3 Å². The van der Waals surface area contributed by atoms with Gasteiger partial charge in [0, 0.05) is 11.9 Å². The van der Waals surface area contributed by atoms with Crippen LogP contribution in [0.5, 0.6) is 0 Å². The van der Waals surface area contributed by atoms with Crippen LogP contribution in [-0.2, 0) is 0 Å². The fourth-order valence-electron chi connectivity index (χ4n) is 2.50. The molecule has 21 heavy (non-hydrogen) atoms. The first-order chi connectivity index (χ1) is 10.2. The molecule has 0 spiro atoms. The van der Waals surface area contributed by atoms with Crippen molar-refractivity contribution in [3.8, 4) is 0 Å². The summed E-state index contributed by atoms with van der Waals surface area (Å²) in [5.74, 6) is 0.603. The number of hydrogen-bond acceptors (Lipinski definition) is 4. The molecular weight excluding hydrogens is 264 g/mol. The fraction of sp³-hybridized carbons (Fsp3) is 0.312. The third-order valence-corrected chi connectivity index (χ3v) is 3.65. The Bertz CT molecular complexity index is 636. The maximum Gasteiger partial charge on any atom is 0.259 e. The zero-order valence-corrected chi connectivity index (χ0v) is 12.0. The number of carbonyl (C=O) groups is 1. The minimum absolute atomic E-state index is 0.176. The van der Waals surface area contributed by atoms with Crippen LogP contribution in [0.3, 0.4) is 0 Å². The summed E-state index contributed by atoms with van der Waals surface area (Å²) in [5, 5.41) is 6.22. The molecule has 0 saturated carbocycles. The van der Waals surface area contributed by atoms with Crippen LogP contribution >= 0.6 is 0 Å². The van der Waals surface area contributed by atoms with E-state index < -0.39 is 0 Å². The van der Waals surface area contributed by atoms with Crippen LogP contribution in [0.1, 0.15) is 40.8 Å². The lowest BCUT2D eigenvalue weighted by Crippen LogP contribution is -2.19. The van der Waals surface area contributed by atoms with Crippen molar-refractivity contribution in [2.24, 2.45) is 0 Å². The van der Waals surface area contributed by atoms with Gasteiger partial charge in [0.15, 0.2) is 0 Å². The molecule has 1 saturated heterocycles. The van der Waals surface area contributed by atoms with Crippen LogP contribution in [0.15, 0.2) is 36.5 Å². The zero-order valence-electron chi connectivity index (χ0n) is 12.0. The van der Waals surface area contributed by atoms with Gasteiger partial charge in [-0.25, -0.2) is 9.97 Å². The lowest BCUT2D eigenvalue weighted by Gasteiger charge is -2.11. The van der Waals surface area contributed by atoms with Gasteiger partial charge in [-0.2, -0.15) is 0 Å². The number of hydrogen-bond donors (Lipinski definition) is 2. The van der Waals surface area contributed by atoms with Crippen molar-refractivity contribution in [1.29, 1.82) is 0 Å². The van der Waals surface area contributed by atoms with E-state index in [1.807, 2.05) is 37.3 Å². The second-order valence-electron chi connectivity index (χ2n) is 5.20. The topological polar surface area (TPSA) is 66.9 Å². The van der Waals surface area contributed by atoms with Gasteiger partial charge in [0.05, 0.1) is 17.3 Å². The van der Waals surface area contributed by atoms with Crippen LogP contribution < -0.4 is 10.6 Å². The second-order valence-corrected chi connectivity index (χ2v) is 5.20. The van der Waals surface area contributed by atoms with Crippen LogP contribution in [0.25, 0.3) is 0 Å². The van der Waals surface area contributed by atoms with E-state index in [0.717, 1.165) is 30.9 Å². The van der Waals surface area contributed by atoms with Gasteiger partial charge in [0.25, 0.3) is 5.91 Å². The van der Waals surface area contributed by atoms with Crippen LogP contribution in [0.4, 0.5) is 5.69 Å². The van der Waals surface area contributed by atoms with Crippen molar-refractivity contribution in [2.45, 2.75) is 25.8 Å². The van der Waals surface area contributed by atoms with Gasteiger partial charge in [-0.05, 0) is 38.4 Å². The van der Waals surface area contributed by atoms with E-state index in [-0.39, 0.29) is 11.9 Å². The maximum atomic E-state index is 12.3. The molecule has 5 nitrogen and oxygen atoms in total. The SMILES string of the molecule is Cc1nc([C@H]2CCCN2)ncc1C(=O)Nc1ccccc1. The van der Waals surface area contributed by atoms with Crippen molar-refractivity contribution >= 4 is 11.6 Å². The Hall–Kier alpha value is -2.27. The first-order valence-corrected chi connectivity index (χ1v) is 7.17. The second kappa shape index (κ2) is 6.01. The summed E-state index contributed by atoms with van der Waals surface area (Å²) >= 11 is 0. The predicted molar refractivity (Wildman–Crippen MR) is 81.1 cm³/mol. The summed E-state index contributed by atoms with van der Waals surface area (Å²) in [6.07, 6.45) is 3.81. The Morgan fingerprint density at radius 2 is 2.14 bits per heavy atom. The molecule has 1 atom stereocenters. The smallest absolute Gasteiger partial charge is 0.259 e. The van der Waals surface area contributed by atoms with Crippen LogP contribution in [0, 0.1) is 6.92 Å². The molecule has 5 heteroatoms. The first-order valence-electron chi connectivity index (χ1n) is 7.17. The molecule has 2 N–H and O–H groups in total. The highest BCUT2D eigenvalue weighted by Crippen LogP contribution is 2.20. The highest BCUT2D eigenvalue weighted by molar-refractivity contribution is 6.04. The molecule has 0 unspecified atom stereocenters. The molecule has 1 aromatic carbocycles. The summed E-state index contributed by atoms with van der Waals surface area (Å²) < 4.78 is 0. The molecule has 0 bridgehead atoms. The van der Waals surface area contributed by atoms with Gasteiger partial charge in [-0.3, -0.25) is 4.79 Å². The Morgan fingerprint density at radius 3 is 2.81 bits per heavy atom. The predicted octanol–water partition coefficient (Wildman–Crippen LogP) is 2.46.